The van der Waals surface area contributed by atoms with E-state index in [1.165, 1.54) is 0 Å². The molecule has 0 saturated heterocycles. The molecule has 0 bridgehead atoms. The van der Waals surface area contributed by atoms with Crippen LogP contribution in [0.1, 0.15) is 11.1 Å². The van der Waals surface area contributed by atoms with E-state index < -0.39 is 0 Å². The molecule has 0 heterocycles. The molecule has 0 amide bonds. The minimum Gasteiger partial charge on any atom is -0.488 e. The van der Waals surface area contributed by atoms with Gasteiger partial charge in [-0.05, 0) is 45.8 Å². The monoisotopic (exact) mass is 382 g/mol. The topological polar surface area (TPSA) is 59.1 Å². The van der Waals surface area contributed by atoms with Crippen LogP contribution in [0.4, 0.5) is 0 Å². The van der Waals surface area contributed by atoms with Crippen molar-refractivity contribution in [2.75, 3.05) is 0 Å². The molecule has 0 atom stereocenters. The number of rotatable bonds is 4. The fourth-order valence-corrected chi connectivity index (χ4v) is 2.74. The second-order valence-corrected chi connectivity index (χ2v) is 5.75. The Bertz CT molecular complexity index is 614. The van der Waals surface area contributed by atoms with Crippen molar-refractivity contribution in [3.05, 3.63) is 62.5 Å². The van der Waals surface area contributed by atoms with Crippen LogP contribution in [0.2, 0.25) is 0 Å². The summed E-state index contributed by atoms with van der Waals surface area (Å²) < 4.78 is 7.62. The predicted molar refractivity (Wildman–Crippen MR) is 83.6 cm³/mol. The van der Waals surface area contributed by atoms with Gasteiger partial charge in [0.05, 0.1) is 4.47 Å². The molecule has 0 radical (unpaired) electrons. The predicted octanol–water partition coefficient (Wildman–Crippen LogP) is 4.07. The molecule has 3 nitrogen and oxygen atoms in total. The third kappa shape index (κ3) is 3.81. The number of hydrogen-bond acceptors (Lipinski definition) is 2. The Morgan fingerprint density at radius 2 is 1.95 bits per heavy atom. The lowest BCUT2D eigenvalue weighted by atomic mass is 10.1. The number of halogens is 2. The van der Waals surface area contributed by atoms with Crippen molar-refractivity contribution in [1.29, 1.82) is 5.41 Å². The van der Waals surface area contributed by atoms with Crippen molar-refractivity contribution in [2.45, 2.75) is 6.61 Å². The molecule has 2 aromatic rings. The van der Waals surface area contributed by atoms with Crippen LogP contribution in [0.25, 0.3) is 0 Å². The molecule has 2 rings (SSSR count). The number of hydrogen-bond donors (Lipinski definition) is 2. The quantitative estimate of drug-likeness (QED) is 0.617. The highest BCUT2D eigenvalue weighted by atomic mass is 79.9. The maximum atomic E-state index is 7.41. The number of nitrogens with one attached hydrogen (secondary N) is 1. The lowest BCUT2D eigenvalue weighted by molar-refractivity contribution is 0.304. The molecular weight excluding hydrogens is 372 g/mol. The molecule has 0 spiro atoms. The Morgan fingerprint density at radius 3 is 2.63 bits per heavy atom. The van der Waals surface area contributed by atoms with Crippen LogP contribution < -0.4 is 10.5 Å². The molecular formula is C14H12Br2N2O. The summed E-state index contributed by atoms with van der Waals surface area (Å²) in [7, 11) is 0. The first-order valence-electron chi connectivity index (χ1n) is 5.57. The maximum absolute atomic E-state index is 7.41. The minimum absolute atomic E-state index is 0.0617. The van der Waals surface area contributed by atoms with Gasteiger partial charge < -0.3 is 10.5 Å². The van der Waals surface area contributed by atoms with E-state index in [9.17, 15) is 0 Å². The summed E-state index contributed by atoms with van der Waals surface area (Å²) in [5.41, 5.74) is 7.14. The number of amidine groups is 1. The molecule has 3 N–H and O–H groups in total. The first-order chi connectivity index (χ1) is 9.06. The lowest BCUT2D eigenvalue weighted by Gasteiger charge is -2.09. The van der Waals surface area contributed by atoms with Gasteiger partial charge in [-0.25, -0.2) is 0 Å². The average Bonchev–Trinajstić information content (AvgIpc) is 2.38. The van der Waals surface area contributed by atoms with Gasteiger partial charge in [-0.2, -0.15) is 0 Å². The highest BCUT2D eigenvalue weighted by molar-refractivity contribution is 9.11. The first-order valence-corrected chi connectivity index (χ1v) is 7.16. The summed E-state index contributed by atoms with van der Waals surface area (Å²) in [6.45, 7) is 0.432. The van der Waals surface area contributed by atoms with Gasteiger partial charge >= 0.3 is 0 Å². The summed E-state index contributed by atoms with van der Waals surface area (Å²) in [6, 6.07) is 13.2. The highest BCUT2D eigenvalue weighted by Gasteiger charge is 2.03. The van der Waals surface area contributed by atoms with Gasteiger partial charge in [0.15, 0.2) is 0 Å². The van der Waals surface area contributed by atoms with E-state index >= 15 is 0 Å². The zero-order chi connectivity index (χ0) is 13.8. The zero-order valence-electron chi connectivity index (χ0n) is 9.99. The second kappa shape index (κ2) is 6.21. The summed E-state index contributed by atoms with van der Waals surface area (Å²) >= 11 is 6.84. The molecule has 19 heavy (non-hydrogen) atoms. The average molecular weight is 384 g/mol. The Labute approximate surface area is 128 Å². The van der Waals surface area contributed by atoms with E-state index in [0.29, 0.717) is 12.2 Å². The Hall–Kier alpha value is -1.33. The molecule has 0 unspecified atom stereocenters. The van der Waals surface area contributed by atoms with Crippen molar-refractivity contribution in [3.63, 3.8) is 0 Å². The Kier molecular flexibility index (Phi) is 4.61. The molecule has 0 fully saturated rings. The highest BCUT2D eigenvalue weighted by Crippen LogP contribution is 2.28. The van der Waals surface area contributed by atoms with Gasteiger partial charge in [-0.3, -0.25) is 5.41 Å². The van der Waals surface area contributed by atoms with Crippen LogP contribution in [-0.4, -0.2) is 5.84 Å². The number of benzene rings is 2. The largest absolute Gasteiger partial charge is 0.488 e. The summed E-state index contributed by atoms with van der Waals surface area (Å²) in [5, 5.41) is 7.41. The van der Waals surface area contributed by atoms with Crippen LogP contribution in [-0.2, 0) is 6.61 Å². The van der Waals surface area contributed by atoms with Crippen LogP contribution in [0.3, 0.4) is 0 Å². The van der Waals surface area contributed by atoms with E-state index in [1.54, 1.807) is 6.07 Å². The molecule has 0 saturated carbocycles. The van der Waals surface area contributed by atoms with Crippen LogP contribution in [0.5, 0.6) is 5.75 Å². The molecule has 98 valence electrons. The summed E-state index contributed by atoms with van der Waals surface area (Å²) in [5.74, 6) is 0.836. The second-order valence-electron chi connectivity index (χ2n) is 3.98. The Balaban J connectivity index is 2.10. The van der Waals surface area contributed by atoms with Gasteiger partial charge in [0.1, 0.15) is 18.2 Å². The molecule has 0 aliphatic rings. The number of nitrogen functional groups attached to an aromatic ring is 1. The zero-order valence-corrected chi connectivity index (χ0v) is 13.2. The minimum atomic E-state index is 0.0617. The van der Waals surface area contributed by atoms with E-state index in [0.717, 1.165) is 20.3 Å². The van der Waals surface area contributed by atoms with E-state index in [4.69, 9.17) is 15.9 Å². The van der Waals surface area contributed by atoms with Crippen molar-refractivity contribution in [3.8, 4) is 5.75 Å². The molecule has 0 aliphatic heterocycles. The van der Waals surface area contributed by atoms with Gasteiger partial charge in [-0.15, -0.1) is 0 Å². The number of ether oxygens (including phenoxy) is 1. The van der Waals surface area contributed by atoms with Crippen LogP contribution >= 0.6 is 31.9 Å². The number of nitrogens with two attached hydrogens (primary N) is 1. The first kappa shape index (κ1) is 14.1. The maximum Gasteiger partial charge on any atom is 0.134 e. The van der Waals surface area contributed by atoms with Crippen molar-refractivity contribution in [2.24, 2.45) is 5.73 Å². The Morgan fingerprint density at radius 1 is 1.16 bits per heavy atom. The SMILES string of the molecule is N=C(N)c1cccc(COc2ccc(Br)cc2Br)c1. The fourth-order valence-electron chi connectivity index (χ4n) is 1.58. The van der Waals surface area contributed by atoms with Crippen molar-refractivity contribution >= 4 is 37.7 Å². The van der Waals surface area contributed by atoms with E-state index in [2.05, 4.69) is 31.9 Å². The molecule has 5 heteroatoms. The normalized spacial score (nSPS) is 10.2. The van der Waals surface area contributed by atoms with Gasteiger partial charge in [-0.1, -0.05) is 34.1 Å². The fraction of sp³-hybridized carbons (Fsp3) is 0.0714. The standard InChI is InChI=1S/C14H12Br2N2O/c15-11-4-5-13(12(16)7-11)19-8-9-2-1-3-10(6-9)14(17)18/h1-7H,8H2,(H3,17,18). The molecule has 0 aromatic heterocycles. The van der Waals surface area contributed by atoms with Crippen molar-refractivity contribution in [1.82, 2.24) is 0 Å². The third-order valence-electron chi connectivity index (χ3n) is 2.53. The summed E-state index contributed by atoms with van der Waals surface area (Å²) in [6.07, 6.45) is 0. The van der Waals surface area contributed by atoms with E-state index in [-0.39, 0.29) is 5.84 Å². The molecule has 0 aliphatic carbocycles. The third-order valence-corrected chi connectivity index (χ3v) is 3.64. The van der Waals surface area contributed by atoms with Gasteiger partial charge in [0.2, 0.25) is 0 Å². The van der Waals surface area contributed by atoms with Gasteiger partial charge in [0, 0.05) is 10.0 Å². The van der Waals surface area contributed by atoms with Crippen molar-refractivity contribution < 1.29 is 4.74 Å². The lowest BCUT2D eigenvalue weighted by Crippen LogP contribution is -2.11. The van der Waals surface area contributed by atoms with Gasteiger partial charge in [0.25, 0.3) is 0 Å². The molecule has 2 aromatic carbocycles. The van der Waals surface area contributed by atoms with E-state index in [1.807, 2.05) is 36.4 Å². The summed E-state index contributed by atoms with van der Waals surface area (Å²) in [4.78, 5) is 0. The van der Waals surface area contributed by atoms with Crippen LogP contribution in [0.15, 0.2) is 51.4 Å². The van der Waals surface area contributed by atoms with Crippen LogP contribution in [0, 0.1) is 5.41 Å². The smallest absolute Gasteiger partial charge is 0.134 e.